The molecule has 0 spiro atoms. The van der Waals surface area contributed by atoms with E-state index in [1.807, 2.05) is 7.05 Å². The zero-order valence-corrected chi connectivity index (χ0v) is 10.8. The molecular formula is C11H23NO2S. The molecule has 0 aromatic heterocycles. The maximum atomic E-state index is 12.0. The molecule has 4 heteroatoms. The van der Waals surface area contributed by atoms with Gasteiger partial charge in [-0.2, -0.15) is 0 Å². The Morgan fingerprint density at radius 3 is 2.73 bits per heavy atom. The van der Waals surface area contributed by atoms with Gasteiger partial charge in [0.15, 0.2) is 0 Å². The van der Waals surface area contributed by atoms with Gasteiger partial charge in [0.1, 0.15) is 0 Å². The Hall–Kier alpha value is 0.0700. The first-order valence-corrected chi connectivity index (χ1v) is 7.12. The van der Waals surface area contributed by atoms with Crippen molar-refractivity contribution in [3.05, 3.63) is 0 Å². The molecular weight excluding hydrogens is 210 g/mol. The number of ether oxygens (including phenoxy) is 1. The Labute approximate surface area is 95.4 Å². The monoisotopic (exact) mass is 233 g/mol. The molecule has 0 aliphatic heterocycles. The summed E-state index contributed by atoms with van der Waals surface area (Å²) >= 11 is 0. The van der Waals surface area contributed by atoms with Crippen LogP contribution in [0.15, 0.2) is 0 Å². The second-order valence-corrected chi connectivity index (χ2v) is 6.08. The van der Waals surface area contributed by atoms with Crippen LogP contribution >= 0.6 is 0 Å². The van der Waals surface area contributed by atoms with Gasteiger partial charge in [0.2, 0.25) is 0 Å². The van der Waals surface area contributed by atoms with Crippen LogP contribution in [0.4, 0.5) is 0 Å². The third kappa shape index (κ3) is 3.54. The minimum Gasteiger partial charge on any atom is -0.385 e. The van der Waals surface area contributed by atoms with E-state index in [0.29, 0.717) is 17.2 Å². The normalized spacial score (nSPS) is 33.1. The molecule has 0 saturated heterocycles. The van der Waals surface area contributed by atoms with E-state index in [2.05, 4.69) is 12.2 Å². The van der Waals surface area contributed by atoms with Gasteiger partial charge in [0, 0.05) is 41.6 Å². The Bertz CT molecular complexity index is 211. The topological polar surface area (TPSA) is 38.3 Å². The fourth-order valence-corrected chi connectivity index (χ4v) is 4.18. The van der Waals surface area contributed by atoms with E-state index in [9.17, 15) is 4.21 Å². The van der Waals surface area contributed by atoms with Crippen molar-refractivity contribution in [1.82, 2.24) is 5.32 Å². The number of rotatable bonds is 6. The lowest BCUT2D eigenvalue weighted by molar-refractivity contribution is 0.200. The Morgan fingerprint density at radius 2 is 2.20 bits per heavy atom. The predicted molar refractivity (Wildman–Crippen MR) is 64.5 cm³/mol. The number of hydrogen-bond acceptors (Lipinski definition) is 3. The standard InChI is InChI=1S/C11H23NO2S/c1-9-10(12-2)5-6-11(9)15(13)8-4-7-14-3/h9-12H,4-8H2,1-3H3. The molecule has 1 N–H and O–H groups in total. The van der Waals surface area contributed by atoms with Crippen molar-refractivity contribution in [3.63, 3.8) is 0 Å². The summed E-state index contributed by atoms with van der Waals surface area (Å²) in [4.78, 5) is 0. The van der Waals surface area contributed by atoms with Crippen LogP contribution in [0.5, 0.6) is 0 Å². The molecule has 4 atom stereocenters. The molecule has 4 unspecified atom stereocenters. The molecule has 15 heavy (non-hydrogen) atoms. The quantitative estimate of drug-likeness (QED) is 0.700. The molecule has 1 aliphatic carbocycles. The highest BCUT2D eigenvalue weighted by Gasteiger charge is 2.35. The van der Waals surface area contributed by atoms with Gasteiger partial charge in [-0.05, 0) is 32.2 Å². The van der Waals surface area contributed by atoms with Crippen LogP contribution in [0.1, 0.15) is 26.2 Å². The summed E-state index contributed by atoms with van der Waals surface area (Å²) < 4.78 is 17.0. The van der Waals surface area contributed by atoms with Crippen LogP contribution < -0.4 is 5.32 Å². The van der Waals surface area contributed by atoms with E-state index >= 15 is 0 Å². The lowest BCUT2D eigenvalue weighted by Crippen LogP contribution is -2.33. The zero-order valence-electron chi connectivity index (χ0n) is 9.99. The molecule has 0 bridgehead atoms. The summed E-state index contributed by atoms with van der Waals surface area (Å²) in [5.74, 6) is 1.33. The third-order valence-corrected chi connectivity index (χ3v) is 5.42. The highest BCUT2D eigenvalue weighted by Crippen LogP contribution is 2.29. The second-order valence-electron chi connectivity index (χ2n) is 4.30. The SMILES string of the molecule is CNC1CCC(S(=O)CCCOC)C1C. The maximum absolute atomic E-state index is 12.0. The highest BCUT2D eigenvalue weighted by molar-refractivity contribution is 7.85. The zero-order chi connectivity index (χ0) is 11.3. The van der Waals surface area contributed by atoms with Crippen LogP contribution in [0.25, 0.3) is 0 Å². The van der Waals surface area contributed by atoms with Gasteiger partial charge in [-0.15, -0.1) is 0 Å². The minimum absolute atomic E-state index is 0.388. The first kappa shape index (κ1) is 13.1. The minimum atomic E-state index is -0.669. The average Bonchev–Trinajstić information content (AvgIpc) is 2.60. The van der Waals surface area contributed by atoms with Crippen molar-refractivity contribution in [2.24, 2.45) is 5.92 Å². The van der Waals surface area contributed by atoms with Crippen LogP contribution in [-0.4, -0.2) is 42.0 Å². The van der Waals surface area contributed by atoms with E-state index < -0.39 is 10.8 Å². The van der Waals surface area contributed by atoms with Crippen LogP contribution in [-0.2, 0) is 15.5 Å². The smallest absolute Gasteiger partial charge is 0.0471 e. The van der Waals surface area contributed by atoms with Crippen LogP contribution in [0.3, 0.4) is 0 Å². The molecule has 1 saturated carbocycles. The van der Waals surface area contributed by atoms with E-state index in [4.69, 9.17) is 4.74 Å². The lowest BCUT2D eigenvalue weighted by atomic mass is 10.1. The number of methoxy groups -OCH3 is 1. The predicted octanol–water partition coefficient (Wildman–Crippen LogP) is 1.16. The van der Waals surface area contributed by atoms with Gasteiger partial charge in [-0.25, -0.2) is 0 Å². The molecule has 0 heterocycles. The molecule has 1 aliphatic rings. The molecule has 3 nitrogen and oxygen atoms in total. The second kappa shape index (κ2) is 6.61. The summed E-state index contributed by atoms with van der Waals surface area (Å²) in [5.41, 5.74) is 0. The van der Waals surface area contributed by atoms with E-state index in [1.54, 1.807) is 7.11 Å². The van der Waals surface area contributed by atoms with Crippen LogP contribution in [0, 0.1) is 5.92 Å². The van der Waals surface area contributed by atoms with Gasteiger partial charge in [0.05, 0.1) is 0 Å². The van der Waals surface area contributed by atoms with Crippen molar-refractivity contribution in [2.75, 3.05) is 26.5 Å². The van der Waals surface area contributed by atoms with Crippen molar-refractivity contribution < 1.29 is 8.95 Å². The largest absolute Gasteiger partial charge is 0.385 e. The molecule has 0 radical (unpaired) electrons. The Balaban J connectivity index is 2.34. The van der Waals surface area contributed by atoms with Crippen molar-refractivity contribution in [3.8, 4) is 0 Å². The molecule has 90 valence electrons. The summed E-state index contributed by atoms with van der Waals surface area (Å²) in [6.07, 6.45) is 3.18. The van der Waals surface area contributed by atoms with Crippen molar-refractivity contribution >= 4 is 10.8 Å². The van der Waals surface area contributed by atoms with Crippen molar-refractivity contribution in [2.45, 2.75) is 37.5 Å². The molecule has 0 aromatic rings. The summed E-state index contributed by atoms with van der Waals surface area (Å²) in [7, 11) is 3.02. The molecule has 0 aromatic carbocycles. The maximum Gasteiger partial charge on any atom is 0.0471 e. The van der Waals surface area contributed by atoms with Gasteiger partial charge < -0.3 is 10.1 Å². The molecule has 1 rings (SSSR count). The fourth-order valence-electron chi connectivity index (χ4n) is 2.40. The van der Waals surface area contributed by atoms with Gasteiger partial charge in [-0.3, -0.25) is 4.21 Å². The summed E-state index contributed by atoms with van der Waals surface area (Å²) in [6, 6.07) is 0.557. The van der Waals surface area contributed by atoms with Gasteiger partial charge >= 0.3 is 0 Å². The van der Waals surface area contributed by atoms with E-state index in [0.717, 1.165) is 25.2 Å². The van der Waals surface area contributed by atoms with E-state index in [1.165, 1.54) is 6.42 Å². The first-order valence-electron chi connectivity index (χ1n) is 5.74. The van der Waals surface area contributed by atoms with Crippen LogP contribution in [0.2, 0.25) is 0 Å². The highest BCUT2D eigenvalue weighted by atomic mass is 32.2. The Kier molecular flexibility index (Phi) is 5.79. The Morgan fingerprint density at radius 1 is 1.47 bits per heavy atom. The third-order valence-electron chi connectivity index (χ3n) is 3.39. The van der Waals surface area contributed by atoms with E-state index in [-0.39, 0.29) is 0 Å². The summed E-state index contributed by atoms with van der Waals surface area (Å²) in [6.45, 7) is 2.94. The first-order chi connectivity index (χ1) is 7.20. The fraction of sp³-hybridized carbons (Fsp3) is 1.00. The summed E-state index contributed by atoms with van der Waals surface area (Å²) in [5, 5.41) is 3.69. The molecule has 0 amide bonds. The number of nitrogens with one attached hydrogen (secondary N) is 1. The van der Waals surface area contributed by atoms with Gasteiger partial charge in [0.25, 0.3) is 0 Å². The lowest BCUT2D eigenvalue weighted by Gasteiger charge is -2.19. The van der Waals surface area contributed by atoms with Crippen molar-refractivity contribution in [1.29, 1.82) is 0 Å². The molecule has 1 fully saturated rings. The van der Waals surface area contributed by atoms with Gasteiger partial charge in [-0.1, -0.05) is 6.92 Å². The number of hydrogen-bond donors (Lipinski definition) is 1. The average molecular weight is 233 g/mol.